The van der Waals surface area contributed by atoms with Gasteiger partial charge in [-0.05, 0) is 19.1 Å². The molecular weight excluding hydrogens is 194 g/mol. The average molecular weight is 211 g/mol. The lowest BCUT2D eigenvalue weighted by atomic mass is 10.1. The van der Waals surface area contributed by atoms with Crippen LogP contribution in [0.3, 0.4) is 0 Å². The SMILES string of the molecule is COc1cccc(OCCO)c1C(C)N. The van der Waals surface area contributed by atoms with Gasteiger partial charge in [-0.3, -0.25) is 0 Å². The lowest BCUT2D eigenvalue weighted by Crippen LogP contribution is -2.11. The Kier molecular flexibility index (Phi) is 4.39. The van der Waals surface area contributed by atoms with Gasteiger partial charge in [0.05, 0.1) is 19.3 Å². The number of hydrogen-bond acceptors (Lipinski definition) is 4. The van der Waals surface area contributed by atoms with E-state index in [0.717, 1.165) is 5.56 Å². The summed E-state index contributed by atoms with van der Waals surface area (Å²) in [5.41, 5.74) is 6.67. The zero-order valence-corrected chi connectivity index (χ0v) is 9.06. The molecule has 1 unspecified atom stereocenters. The summed E-state index contributed by atoms with van der Waals surface area (Å²) in [6.07, 6.45) is 0. The van der Waals surface area contributed by atoms with Crippen molar-refractivity contribution in [3.63, 3.8) is 0 Å². The molecule has 0 aliphatic rings. The zero-order valence-electron chi connectivity index (χ0n) is 9.06. The molecule has 84 valence electrons. The van der Waals surface area contributed by atoms with Crippen LogP contribution in [0.5, 0.6) is 11.5 Å². The molecule has 4 nitrogen and oxygen atoms in total. The summed E-state index contributed by atoms with van der Waals surface area (Å²) in [5.74, 6) is 1.37. The second-order valence-corrected chi connectivity index (χ2v) is 3.23. The van der Waals surface area contributed by atoms with E-state index in [1.54, 1.807) is 7.11 Å². The van der Waals surface area contributed by atoms with E-state index in [4.69, 9.17) is 20.3 Å². The maximum atomic E-state index is 8.70. The maximum absolute atomic E-state index is 8.70. The Morgan fingerprint density at radius 3 is 2.60 bits per heavy atom. The fourth-order valence-electron chi connectivity index (χ4n) is 1.43. The normalized spacial score (nSPS) is 12.3. The summed E-state index contributed by atoms with van der Waals surface area (Å²) in [4.78, 5) is 0. The van der Waals surface area contributed by atoms with Crippen LogP contribution >= 0.6 is 0 Å². The standard InChI is InChI=1S/C11H17NO3/c1-8(12)11-9(14-2)4-3-5-10(11)15-7-6-13/h3-5,8,13H,6-7,12H2,1-2H3. The summed E-state index contributed by atoms with van der Waals surface area (Å²) in [6.45, 7) is 2.10. The summed E-state index contributed by atoms with van der Waals surface area (Å²) in [7, 11) is 1.59. The van der Waals surface area contributed by atoms with Crippen molar-refractivity contribution in [2.45, 2.75) is 13.0 Å². The van der Waals surface area contributed by atoms with E-state index in [2.05, 4.69) is 0 Å². The molecule has 0 fully saturated rings. The summed E-state index contributed by atoms with van der Waals surface area (Å²) in [6, 6.07) is 5.31. The van der Waals surface area contributed by atoms with E-state index >= 15 is 0 Å². The van der Waals surface area contributed by atoms with Crippen molar-refractivity contribution in [1.82, 2.24) is 0 Å². The van der Waals surface area contributed by atoms with Crippen molar-refractivity contribution in [1.29, 1.82) is 0 Å². The largest absolute Gasteiger partial charge is 0.496 e. The number of rotatable bonds is 5. The maximum Gasteiger partial charge on any atom is 0.127 e. The summed E-state index contributed by atoms with van der Waals surface area (Å²) < 4.78 is 10.6. The van der Waals surface area contributed by atoms with Gasteiger partial charge in [-0.25, -0.2) is 0 Å². The van der Waals surface area contributed by atoms with E-state index < -0.39 is 0 Å². The van der Waals surface area contributed by atoms with Gasteiger partial charge in [0.2, 0.25) is 0 Å². The van der Waals surface area contributed by atoms with E-state index in [1.807, 2.05) is 25.1 Å². The Hall–Kier alpha value is -1.26. The number of hydrogen-bond donors (Lipinski definition) is 2. The molecule has 1 atom stereocenters. The highest BCUT2D eigenvalue weighted by Crippen LogP contribution is 2.32. The van der Waals surface area contributed by atoms with Gasteiger partial charge in [0, 0.05) is 6.04 Å². The minimum Gasteiger partial charge on any atom is -0.496 e. The van der Waals surface area contributed by atoms with Gasteiger partial charge in [-0.1, -0.05) is 6.07 Å². The third kappa shape index (κ3) is 2.84. The third-order valence-electron chi connectivity index (χ3n) is 2.05. The van der Waals surface area contributed by atoms with Crippen LogP contribution in [0.4, 0.5) is 0 Å². The van der Waals surface area contributed by atoms with Gasteiger partial charge in [0.25, 0.3) is 0 Å². The summed E-state index contributed by atoms with van der Waals surface area (Å²) >= 11 is 0. The highest BCUT2D eigenvalue weighted by molar-refractivity contribution is 5.46. The number of aliphatic hydroxyl groups is 1. The van der Waals surface area contributed by atoms with Crippen LogP contribution in [0.15, 0.2) is 18.2 Å². The van der Waals surface area contributed by atoms with Crippen LogP contribution in [0.1, 0.15) is 18.5 Å². The fourth-order valence-corrected chi connectivity index (χ4v) is 1.43. The second kappa shape index (κ2) is 5.58. The van der Waals surface area contributed by atoms with Crippen molar-refractivity contribution in [3.8, 4) is 11.5 Å². The van der Waals surface area contributed by atoms with Crippen LogP contribution in [-0.2, 0) is 0 Å². The van der Waals surface area contributed by atoms with Gasteiger partial charge in [-0.2, -0.15) is 0 Å². The molecule has 1 aromatic carbocycles. The molecule has 1 rings (SSSR count). The molecule has 0 saturated carbocycles. The van der Waals surface area contributed by atoms with E-state index in [0.29, 0.717) is 11.5 Å². The van der Waals surface area contributed by atoms with Crippen molar-refractivity contribution in [2.75, 3.05) is 20.3 Å². The van der Waals surface area contributed by atoms with E-state index in [1.165, 1.54) is 0 Å². The molecular formula is C11H17NO3. The van der Waals surface area contributed by atoms with Crippen molar-refractivity contribution in [2.24, 2.45) is 5.73 Å². The van der Waals surface area contributed by atoms with Gasteiger partial charge in [0.1, 0.15) is 18.1 Å². The fraction of sp³-hybridized carbons (Fsp3) is 0.455. The van der Waals surface area contributed by atoms with Crippen LogP contribution in [0.25, 0.3) is 0 Å². The van der Waals surface area contributed by atoms with Gasteiger partial charge in [0.15, 0.2) is 0 Å². The van der Waals surface area contributed by atoms with Gasteiger partial charge < -0.3 is 20.3 Å². The Morgan fingerprint density at radius 1 is 1.40 bits per heavy atom. The van der Waals surface area contributed by atoms with Crippen molar-refractivity contribution in [3.05, 3.63) is 23.8 Å². The molecule has 1 aromatic rings. The number of benzene rings is 1. The third-order valence-corrected chi connectivity index (χ3v) is 2.05. The topological polar surface area (TPSA) is 64.7 Å². The first-order valence-electron chi connectivity index (χ1n) is 4.86. The lowest BCUT2D eigenvalue weighted by molar-refractivity contribution is 0.199. The minimum absolute atomic E-state index is 0.0183. The first-order chi connectivity index (χ1) is 7.20. The quantitative estimate of drug-likeness (QED) is 0.765. The Morgan fingerprint density at radius 2 is 2.07 bits per heavy atom. The van der Waals surface area contributed by atoms with Crippen molar-refractivity contribution >= 4 is 0 Å². The lowest BCUT2D eigenvalue weighted by Gasteiger charge is -2.16. The number of aliphatic hydroxyl groups excluding tert-OH is 1. The predicted molar refractivity (Wildman–Crippen MR) is 58.2 cm³/mol. The molecule has 3 N–H and O–H groups in total. The van der Waals surface area contributed by atoms with Crippen LogP contribution < -0.4 is 15.2 Å². The smallest absolute Gasteiger partial charge is 0.127 e. The molecule has 0 aliphatic carbocycles. The molecule has 0 radical (unpaired) electrons. The molecule has 0 bridgehead atoms. The second-order valence-electron chi connectivity index (χ2n) is 3.23. The number of ether oxygens (including phenoxy) is 2. The molecule has 0 aliphatic heterocycles. The van der Waals surface area contributed by atoms with E-state index in [-0.39, 0.29) is 19.3 Å². The zero-order chi connectivity index (χ0) is 11.3. The molecule has 0 spiro atoms. The number of methoxy groups -OCH3 is 1. The summed E-state index contributed by atoms with van der Waals surface area (Å²) in [5, 5.41) is 8.70. The highest BCUT2D eigenvalue weighted by Gasteiger charge is 2.13. The Bertz CT molecular complexity index is 313. The van der Waals surface area contributed by atoms with Crippen LogP contribution in [0.2, 0.25) is 0 Å². The molecule has 0 aromatic heterocycles. The van der Waals surface area contributed by atoms with E-state index in [9.17, 15) is 0 Å². The highest BCUT2D eigenvalue weighted by atomic mass is 16.5. The average Bonchev–Trinajstić information content (AvgIpc) is 2.25. The first-order valence-corrected chi connectivity index (χ1v) is 4.86. The Balaban J connectivity index is 3.02. The minimum atomic E-state index is -0.171. The molecule has 0 saturated heterocycles. The van der Waals surface area contributed by atoms with Crippen LogP contribution in [-0.4, -0.2) is 25.4 Å². The first kappa shape index (κ1) is 11.8. The molecule has 0 heterocycles. The monoisotopic (exact) mass is 211 g/mol. The number of nitrogens with two attached hydrogens (primary N) is 1. The van der Waals surface area contributed by atoms with Gasteiger partial charge in [-0.15, -0.1) is 0 Å². The van der Waals surface area contributed by atoms with Gasteiger partial charge >= 0.3 is 0 Å². The van der Waals surface area contributed by atoms with Crippen LogP contribution in [0, 0.1) is 0 Å². The molecule has 0 amide bonds. The molecule has 4 heteroatoms. The van der Waals surface area contributed by atoms with Crippen molar-refractivity contribution < 1.29 is 14.6 Å². The molecule has 15 heavy (non-hydrogen) atoms. The predicted octanol–water partition coefficient (Wildman–Crippen LogP) is 1.09. The Labute approximate surface area is 89.6 Å².